The van der Waals surface area contributed by atoms with Crippen molar-refractivity contribution in [3.63, 3.8) is 0 Å². The maximum absolute atomic E-state index is 10.8. The van der Waals surface area contributed by atoms with Gasteiger partial charge < -0.3 is 10.1 Å². The van der Waals surface area contributed by atoms with Crippen molar-refractivity contribution in [2.24, 2.45) is 11.8 Å². The summed E-state index contributed by atoms with van der Waals surface area (Å²) in [4.78, 5) is 21.6. The highest BCUT2D eigenvalue weighted by molar-refractivity contribution is 5.75. The van der Waals surface area contributed by atoms with Crippen LogP contribution in [0.15, 0.2) is 0 Å². The Morgan fingerprint density at radius 3 is 2.14 bits per heavy atom. The highest BCUT2D eigenvalue weighted by Crippen LogP contribution is 2.16. The molecule has 3 nitrogen and oxygen atoms in total. The number of ketones is 1. The molecule has 0 aromatic rings. The van der Waals surface area contributed by atoms with Gasteiger partial charge in [-0.2, -0.15) is 0 Å². The first kappa shape index (κ1) is 13.1. The summed E-state index contributed by atoms with van der Waals surface area (Å²) in [5.41, 5.74) is 0. The molecule has 0 bridgehead atoms. The highest BCUT2D eigenvalue weighted by Gasteiger charge is 2.14. The standard InChI is InChI=1S/C11H21NO2/c1-8(2)11(6-5-9(3)13)7-12-10(4)14/h8,11H,5-7H2,1-4H3,(H,12,14). The maximum Gasteiger partial charge on any atom is 0.216 e. The molecule has 0 aromatic heterocycles. The Balaban J connectivity index is 3.89. The SMILES string of the molecule is CC(=O)CCC(CNC(C)=O)C(C)C. The van der Waals surface area contributed by atoms with E-state index >= 15 is 0 Å². The van der Waals surface area contributed by atoms with Gasteiger partial charge in [0.2, 0.25) is 5.91 Å². The molecular weight excluding hydrogens is 178 g/mol. The van der Waals surface area contributed by atoms with Gasteiger partial charge in [-0.25, -0.2) is 0 Å². The largest absolute Gasteiger partial charge is 0.356 e. The molecule has 82 valence electrons. The van der Waals surface area contributed by atoms with E-state index in [4.69, 9.17) is 0 Å². The molecule has 0 heterocycles. The summed E-state index contributed by atoms with van der Waals surface area (Å²) in [6.45, 7) is 8.04. The Labute approximate surface area is 86.3 Å². The molecule has 0 aliphatic carbocycles. The zero-order chi connectivity index (χ0) is 11.1. The fourth-order valence-electron chi connectivity index (χ4n) is 1.33. The number of amides is 1. The zero-order valence-electron chi connectivity index (χ0n) is 9.59. The first-order valence-electron chi connectivity index (χ1n) is 5.17. The van der Waals surface area contributed by atoms with Crippen LogP contribution in [-0.4, -0.2) is 18.2 Å². The van der Waals surface area contributed by atoms with Crippen molar-refractivity contribution in [2.45, 2.75) is 40.5 Å². The molecule has 0 saturated heterocycles. The van der Waals surface area contributed by atoms with Crippen LogP contribution in [0, 0.1) is 11.8 Å². The molecule has 0 aromatic carbocycles. The highest BCUT2D eigenvalue weighted by atomic mass is 16.1. The summed E-state index contributed by atoms with van der Waals surface area (Å²) < 4.78 is 0. The van der Waals surface area contributed by atoms with Gasteiger partial charge in [0.15, 0.2) is 0 Å². The molecule has 0 rings (SSSR count). The van der Waals surface area contributed by atoms with Crippen LogP contribution in [0.3, 0.4) is 0 Å². The van der Waals surface area contributed by atoms with Crippen LogP contribution >= 0.6 is 0 Å². The van der Waals surface area contributed by atoms with Crippen LogP contribution in [0.5, 0.6) is 0 Å². The van der Waals surface area contributed by atoms with E-state index in [0.29, 0.717) is 24.8 Å². The summed E-state index contributed by atoms with van der Waals surface area (Å²) >= 11 is 0. The van der Waals surface area contributed by atoms with E-state index < -0.39 is 0 Å². The third kappa shape index (κ3) is 6.63. The van der Waals surface area contributed by atoms with Gasteiger partial charge in [-0.05, 0) is 25.2 Å². The van der Waals surface area contributed by atoms with Gasteiger partial charge in [-0.1, -0.05) is 13.8 Å². The van der Waals surface area contributed by atoms with E-state index in [-0.39, 0.29) is 11.7 Å². The molecule has 1 N–H and O–H groups in total. The molecule has 0 saturated carbocycles. The number of hydrogen-bond donors (Lipinski definition) is 1. The van der Waals surface area contributed by atoms with E-state index in [1.807, 2.05) is 0 Å². The molecule has 0 fully saturated rings. The Kier molecular flexibility index (Phi) is 6.17. The molecule has 3 heteroatoms. The van der Waals surface area contributed by atoms with Crippen LogP contribution in [0.2, 0.25) is 0 Å². The van der Waals surface area contributed by atoms with Crippen molar-refractivity contribution >= 4 is 11.7 Å². The Morgan fingerprint density at radius 1 is 1.21 bits per heavy atom. The number of carbonyl (C=O) groups is 2. The van der Waals surface area contributed by atoms with Crippen molar-refractivity contribution in [3.05, 3.63) is 0 Å². The van der Waals surface area contributed by atoms with Crippen molar-refractivity contribution in [1.82, 2.24) is 5.32 Å². The fraction of sp³-hybridized carbons (Fsp3) is 0.818. The van der Waals surface area contributed by atoms with Crippen molar-refractivity contribution in [2.75, 3.05) is 6.54 Å². The third-order valence-electron chi connectivity index (χ3n) is 2.42. The molecule has 1 atom stereocenters. The van der Waals surface area contributed by atoms with Crippen molar-refractivity contribution in [1.29, 1.82) is 0 Å². The van der Waals surface area contributed by atoms with Crippen LogP contribution in [0.25, 0.3) is 0 Å². The number of Topliss-reactive ketones (excluding diaryl/α,β-unsaturated/α-hetero) is 1. The predicted molar refractivity (Wildman–Crippen MR) is 56.9 cm³/mol. The Bertz CT molecular complexity index is 181. The number of nitrogens with one attached hydrogen (secondary N) is 1. The average molecular weight is 199 g/mol. The Morgan fingerprint density at radius 2 is 1.79 bits per heavy atom. The van der Waals surface area contributed by atoms with Gasteiger partial charge in [0.25, 0.3) is 0 Å². The van der Waals surface area contributed by atoms with Crippen LogP contribution in [0.1, 0.15) is 40.5 Å². The smallest absolute Gasteiger partial charge is 0.216 e. The lowest BCUT2D eigenvalue weighted by Gasteiger charge is -2.20. The first-order chi connectivity index (χ1) is 6.43. The molecule has 1 unspecified atom stereocenters. The van der Waals surface area contributed by atoms with E-state index in [9.17, 15) is 9.59 Å². The van der Waals surface area contributed by atoms with Gasteiger partial charge in [0.1, 0.15) is 5.78 Å². The monoisotopic (exact) mass is 199 g/mol. The van der Waals surface area contributed by atoms with Crippen molar-refractivity contribution < 1.29 is 9.59 Å². The molecule has 0 spiro atoms. The summed E-state index contributed by atoms with van der Waals surface area (Å²) in [6, 6.07) is 0. The van der Waals surface area contributed by atoms with Gasteiger partial charge in [-0.15, -0.1) is 0 Å². The number of carbonyl (C=O) groups excluding carboxylic acids is 2. The summed E-state index contributed by atoms with van der Waals surface area (Å²) in [5, 5.41) is 2.80. The summed E-state index contributed by atoms with van der Waals surface area (Å²) in [5.74, 6) is 1.13. The molecule has 1 amide bonds. The second-order valence-electron chi connectivity index (χ2n) is 4.18. The van der Waals surface area contributed by atoms with Gasteiger partial charge >= 0.3 is 0 Å². The van der Waals surface area contributed by atoms with Gasteiger partial charge in [-0.3, -0.25) is 4.79 Å². The molecular formula is C11H21NO2. The maximum atomic E-state index is 10.8. The third-order valence-corrected chi connectivity index (χ3v) is 2.42. The molecule has 14 heavy (non-hydrogen) atoms. The quantitative estimate of drug-likeness (QED) is 0.708. The minimum absolute atomic E-state index is 0.00141. The van der Waals surface area contributed by atoms with E-state index in [1.165, 1.54) is 6.92 Å². The lowest BCUT2D eigenvalue weighted by molar-refractivity contribution is -0.119. The normalized spacial score (nSPS) is 12.6. The number of hydrogen-bond acceptors (Lipinski definition) is 2. The van der Waals surface area contributed by atoms with Crippen LogP contribution in [0.4, 0.5) is 0 Å². The Hall–Kier alpha value is -0.860. The van der Waals surface area contributed by atoms with E-state index in [2.05, 4.69) is 19.2 Å². The zero-order valence-corrected chi connectivity index (χ0v) is 9.59. The minimum Gasteiger partial charge on any atom is -0.356 e. The van der Waals surface area contributed by atoms with Gasteiger partial charge in [0.05, 0.1) is 0 Å². The summed E-state index contributed by atoms with van der Waals surface area (Å²) in [7, 11) is 0. The van der Waals surface area contributed by atoms with E-state index in [1.54, 1.807) is 6.92 Å². The molecule has 0 aliphatic heterocycles. The molecule has 0 aliphatic rings. The van der Waals surface area contributed by atoms with Crippen molar-refractivity contribution in [3.8, 4) is 0 Å². The number of rotatable bonds is 6. The summed E-state index contributed by atoms with van der Waals surface area (Å²) in [6.07, 6.45) is 1.48. The molecule has 0 radical (unpaired) electrons. The first-order valence-corrected chi connectivity index (χ1v) is 5.17. The second kappa shape index (κ2) is 6.57. The van der Waals surface area contributed by atoms with Crippen LogP contribution in [-0.2, 0) is 9.59 Å². The van der Waals surface area contributed by atoms with E-state index in [0.717, 1.165) is 6.42 Å². The second-order valence-corrected chi connectivity index (χ2v) is 4.18. The fourth-order valence-corrected chi connectivity index (χ4v) is 1.33. The van der Waals surface area contributed by atoms with Crippen LogP contribution < -0.4 is 5.32 Å². The minimum atomic E-state index is -0.00141. The van der Waals surface area contributed by atoms with Gasteiger partial charge in [0, 0.05) is 19.9 Å². The topological polar surface area (TPSA) is 46.2 Å². The lowest BCUT2D eigenvalue weighted by atomic mass is 9.90. The average Bonchev–Trinajstić information content (AvgIpc) is 2.02. The lowest BCUT2D eigenvalue weighted by Crippen LogP contribution is -2.29. The predicted octanol–water partition coefficient (Wildman–Crippen LogP) is 1.76.